The third-order valence-electron chi connectivity index (χ3n) is 4.21. The van der Waals surface area contributed by atoms with Gasteiger partial charge in [-0.15, -0.1) is 11.6 Å². The number of halogens is 1. The fourth-order valence-electron chi connectivity index (χ4n) is 3.06. The van der Waals surface area contributed by atoms with Crippen molar-refractivity contribution in [3.05, 3.63) is 84.7 Å². The van der Waals surface area contributed by atoms with E-state index in [1.165, 1.54) is 11.1 Å². The van der Waals surface area contributed by atoms with Gasteiger partial charge < -0.3 is 4.40 Å². The lowest BCUT2D eigenvalue weighted by atomic mass is 10.0. The molecule has 4 aromatic rings. The van der Waals surface area contributed by atoms with Gasteiger partial charge in [0.05, 0.1) is 16.8 Å². The molecule has 0 spiro atoms. The number of alkyl halides is 1. The molecule has 0 aliphatic carbocycles. The molecule has 0 aliphatic rings. The van der Waals surface area contributed by atoms with Crippen molar-refractivity contribution < 1.29 is 0 Å². The van der Waals surface area contributed by atoms with Gasteiger partial charge in [0.15, 0.2) is 0 Å². The van der Waals surface area contributed by atoms with Gasteiger partial charge in [0, 0.05) is 11.8 Å². The molecule has 0 aliphatic heterocycles. The molecule has 0 fully saturated rings. The Kier molecular flexibility index (Phi) is 3.83. The first-order valence-corrected chi connectivity index (χ1v) is 8.44. The minimum atomic E-state index is -0.119. The predicted octanol–water partition coefficient (Wildman–Crippen LogP) is 5.97. The number of imidazole rings is 1. The van der Waals surface area contributed by atoms with Crippen molar-refractivity contribution in [3.63, 3.8) is 0 Å². The second kappa shape index (κ2) is 6.14. The van der Waals surface area contributed by atoms with Gasteiger partial charge in [-0.05, 0) is 30.2 Å². The molecule has 0 amide bonds. The topological polar surface area (TPSA) is 17.3 Å². The van der Waals surface area contributed by atoms with Crippen LogP contribution in [0.5, 0.6) is 0 Å². The lowest BCUT2D eigenvalue weighted by Gasteiger charge is -2.08. The number of aromatic nitrogens is 2. The molecule has 2 aromatic carbocycles. The number of benzene rings is 2. The van der Waals surface area contributed by atoms with Crippen LogP contribution in [0, 0.1) is 0 Å². The fourth-order valence-corrected chi connectivity index (χ4v) is 3.27. The predicted molar refractivity (Wildman–Crippen MR) is 100 cm³/mol. The van der Waals surface area contributed by atoms with Gasteiger partial charge in [0.25, 0.3) is 0 Å². The summed E-state index contributed by atoms with van der Waals surface area (Å²) < 4.78 is 2.07. The fraction of sp³-hybridized carbons (Fsp3) is 0.0952. The summed E-state index contributed by atoms with van der Waals surface area (Å²) in [5.74, 6) is 0. The van der Waals surface area contributed by atoms with Gasteiger partial charge in [0.1, 0.15) is 5.65 Å². The van der Waals surface area contributed by atoms with Crippen LogP contribution in [0.2, 0.25) is 0 Å². The minimum Gasteiger partial charge on any atom is -0.302 e. The first kappa shape index (κ1) is 15.0. The van der Waals surface area contributed by atoms with Crippen molar-refractivity contribution >= 4 is 17.2 Å². The molecule has 2 nitrogen and oxygen atoms in total. The molecule has 24 heavy (non-hydrogen) atoms. The monoisotopic (exact) mass is 332 g/mol. The highest BCUT2D eigenvalue weighted by molar-refractivity contribution is 6.20. The minimum absolute atomic E-state index is 0.119. The van der Waals surface area contributed by atoms with Crippen LogP contribution in [0.15, 0.2) is 79.0 Å². The van der Waals surface area contributed by atoms with Crippen LogP contribution >= 0.6 is 11.6 Å². The molecule has 0 bridgehead atoms. The number of hydrogen-bond donors (Lipinski definition) is 0. The highest BCUT2D eigenvalue weighted by atomic mass is 35.5. The maximum absolute atomic E-state index is 6.44. The molecular weight excluding hydrogens is 316 g/mol. The van der Waals surface area contributed by atoms with Crippen molar-refractivity contribution in [1.82, 2.24) is 9.38 Å². The van der Waals surface area contributed by atoms with E-state index in [2.05, 4.69) is 52.9 Å². The third kappa shape index (κ3) is 2.59. The molecule has 2 heterocycles. The number of rotatable bonds is 3. The SMILES string of the molecule is CC(Cl)c1c(-c2ccc(-c3ccccc3)cc2)nc2ccccn12. The lowest BCUT2D eigenvalue weighted by molar-refractivity contribution is 0.965. The highest BCUT2D eigenvalue weighted by Gasteiger charge is 2.17. The van der Waals surface area contributed by atoms with Crippen molar-refractivity contribution in [2.24, 2.45) is 0 Å². The highest BCUT2D eigenvalue weighted by Crippen LogP contribution is 2.33. The van der Waals surface area contributed by atoms with Crippen molar-refractivity contribution in [2.45, 2.75) is 12.3 Å². The molecule has 0 saturated carbocycles. The average molecular weight is 333 g/mol. The van der Waals surface area contributed by atoms with Crippen LogP contribution in [-0.2, 0) is 0 Å². The van der Waals surface area contributed by atoms with Crippen molar-refractivity contribution in [1.29, 1.82) is 0 Å². The second-order valence-electron chi connectivity index (χ2n) is 5.83. The standard InChI is InChI=1S/C21H17ClN2/c1-15(22)21-20(23-19-9-5-6-14-24(19)21)18-12-10-17(11-13-18)16-7-3-2-4-8-16/h2-15H,1H3. The normalized spacial score (nSPS) is 12.4. The molecule has 118 valence electrons. The van der Waals surface area contributed by atoms with Gasteiger partial charge >= 0.3 is 0 Å². The van der Waals surface area contributed by atoms with E-state index < -0.39 is 0 Å². The van der Waals surface area contributed by atoms with Crippen molar-refractivity contribution in [2.75, 3.05) is 0 Å². The molecule has 3 heteroatoms. The Hall–Kier alpha value is -2.58. The molecular formula is C21H17ClN2. The van der Waals surface area contributed by atoms with E-state index in [-0.39, 0.29) is 5.38 Å². The number of hydrogen-bond acceptors (Lipinski definition) is 1. The van der Waals surface area contributed by atoms with Gasteiger partial charge in [-0.3, -0.25) is 0 Å². The van der Waals surface area contributed by atoms with Crippen LogP contribution in [0.4, 0.5) is 0 Å². The molecule has 1 unspecified atom stereocenters. The van der Waals surface area contributed by atoms with Crippen LogP contribution in [0.1, 0.15) is 18.0 Å². The van der Waals surface area contributed by atoms with Gasteiger partial charge in [-0.25, -0.2) is 4.98 Å². The first-order chi connectivity index (χ1) is 11.7. The second-order valence-corrected chi connectivity index (χ2v) is 6.49. The summed E-state index contributed by atoms with van der Waals surface area (Å²) >= 11 is 6.44. The van der Waals surface area contributed by atoms with E-state index in [0.29, 0.717) is 0 Å². The zero-order valence-electron chi connectivity index (χ0n) is 13.4. The van der Waals surface area contributed by atoms with E-state index in [1.54, 1.807) is 0 Å². The summed E-state index contributed by atoms with van der Waals surface area (Å²) in [5, 5.41) is -0.119. The van der Waals surface area contributed by atoms with Crippen molar-refractivity contribution in [3.8, 4) is 22.4 Å². The van der Waals surface area contributed by atoms with Crippen LogP contribution < -0.4 is 0 Å². The zero-order valence-corrected chi connectivity index (χ0v) is 14.1. The first-order valence-electron chi connectivity index (χ1n) is 8.01. The van der Waals surface area contributed by atoms with E-state index >= 15 is 0 Å². The number of pyridine rings is 1. The smallest absolute Gasteiger partial charge is 0.137 e. The van der Waals surface area contributed by atoms with Crippen LogP contribution in [0.3, 0.4) is 0 Å². The molecule has 0 N–H and O–H groups in total. The van der Waals surface area contributed by atoms with Gasteiger partial charge in [-0.2, -0.15) is 0 Å². The molecule has 0 radical (unpaired) electrons. The lowest BCUT2D eigenvalue weighted by Crippen LogP contribution is -1.94. The summed E-state index contributed by atoms with van der Waals surface area (Å²) in [5.41, 5.74) is 6.39. The maximum Gasteiger partial charge on any atom is 0.137 e. The summed E-state index contributed by atoms with van der Waals surface area (Å²) in [7, 11) is 0. The van der Waals surface area contributed by atoms with E-state index in [9.17, 15) is 0 Å². The Labute approximate surface area is 146 Å². The van der Waals surface area contributed by atoms with Crippen LogP contribution in [0.25, 0.3) is 28.0 Å². The third-order valence-corrected chi connectivity index (χ3v) is 4.42. The summed E-state index contributed by atoms with van der Waals surface area (Å²) in [6, 6.07) is 24.9. The number of fused-ring (bicyclic) bond motifs is 1. The quantitative estimate of drug-likeness (QED) is 0.422. The molecule has 1 atom stereocenters. The Balaban J connectivity index is 1.82. The Morgan fingerprint density at radius 2 is 1.42 bits per heavy atom. The van der Waals surface area contributed by atoms with Gasteiger partial charge in [0.2, 0.25) is 0 Å². The van der Waals surface area contributed by atoms with Crippen LogP contribution in [-0.4, -0.2) is 9.38 Å². The number of nitrogens with zero attached hydrogens (tertiary/aromatic N) is 2. The largest absolute Gasteiger partial charge is 0.302 e. The Bertz CT molecular complexity index is 970. The Morgan fingerprint density at radius 1 is 0.792 bits per heavy atom. The summed E-state index contributed by atoms with van der Waals surface area (Å²) in [4.78, 5) is 4.79. The molecule has 4 rings (SSSR count). The average Bonchev–Trinajstić information content (AvgIpc) is 3.02. The van der Waals surface area contributed by atoms with Gasteiger partial charge in [-0.1, -0.05) is 60.7 Å². The summed E-state index contributed by atoms with van der Waals surface area (Å²) in [6.07, 6.45) is 2.01. The van der Waals surface area contributed by atoms with E-state index in [1.807, 2.05) is 37.4 Å². The maximum atomic E-state index is 6.44. The van der Waals surface area contributed by atoms with E-state index in [4.69, 9.17) is 16.6 Å². The molecule has 0 saturated heterocycles. The van der Waals surface area contributed by atoms with E-state index in [0.717, 1.165) is 22.6 Å². The zero-order chi connectivity index (χ0) is 16.5. The Morgan fingerprint density at radius 3 is 2.12 bits per heavy atom. The molecule has 2 aromatic heterocycles. The summed E-state index contributed by atoms with van der Waals surface area (Å²) in [6.45, 7) is 1.99.